The molecule has 1 unspecified atom stereocenters. The number of likely N-dealkylation sites (tertiary alicyclic amines) is 1. The van der Waals surface area contributed by atoms with E-state index in [-0.39, 0.29) is 31.7 Å². The second kappa shape index (κ2) is 15.7. The number of aliphatic carboxylic acids is 1. The molecule has 3 aliphatic rings. The molecule has 2 aliphatic carbocycles. The zero-order chi connectivity index (χ0) is 39.7. The zero-order valence-electron chi connectivity index (χ0n) is 32.4. The lowest BCUT2D eigenvalue weighted by Gasteiger charge is -2.33. The smallest absolute Gasteiger partial charge is 0.408 e. The minimum Gasteiger partial charge on any atom is -0.497 e. The fourth-order valence-electron chi connectivity index (χ4n) is 7.52. The molecule has 3 amide bonds. The van der Waals surface area contributed by atoms with E-state index < -0.39 is 53.2 Å². The van der Waals surface area contributed by atoms with E-state index in [1.807, 2.05) is 30.3 Å². The van der Waals surface area contributed by atoms with E-state index in [0.717, 1.165) is 31.4 Å². The van der Waals surface area contributed by atoms with Crippen molar-refractivity contribution in [3.63, 3.8) is 0 Å². The number of nitrogens with zero attached hydrogens (tertiary/aromatic N) is 3. The lowest BCUT2D eigenvalue weighted by molar-refractivity contribution is -0.149. The Morgan fingerprint density at radius 2 is 1.82 bits per heavy atom. The van der Waals surface area contributed by atoms with Gasteiger partial charge in [-0.05, 0) is 81.7 Å². The number of benzene rings is 1. The van der Waals surface area contributed by atoms with Gasteiger partial charge in [-0.15, -0.1) is 0 Å². The average Bonchev–Trinajstić information content (AvgIpc) is 3.77. The number of methoxy groups -OCH3 is 1. The van der Waals surface area contributed by atoms with Gasteiger partial charge in [-0.25, -0.2) is 14.6 Å². The summed E-state index contributed by atoms with van der Waals surface area (Å²) in [5.74, 6) is -1.63. The summed E-state index contributed by atoms with van der Waals surface area (Å²) in [4.78, 5) is 65.5. The number of amides is 3. The number of aromatic nitrogens is 2. The number of allylic oxidation sites excluding steroid dienone is 1. The molecule has 1 aliphatic heterocycles. The van der Waals surface area contributed by atoms with E-state index in [9.17, 15) is 24.3 Å². The highest BCUT2D eigenvalue weighted by Gasteiger charge is 2.49. The Morgan fingerprint density at radius 1 is 1.05 bits per heavy atom. The van der Waals surface area contributed by atoms with Gasteiger partial charge in [0.15, 0.2) is 0 Å². The number of hydrogen-bond donors (Lipinski definition) is 3. The maximum absolute atomic E-state index is 14.4. The molecule has 0 radical (unpaired) electrons. The first-order valence-electron chi connectivity index (χ1n) is 18.9. The molecular weight excluding hydrogens is 702 g/mol. The van der Waals surface area contributed by atoms with Crippen LogP contribution in [0.3, 0.4) is 0 Å². The predicted octanol–water partition coefficient (Wildman–Crippen LogP) is 5.93. The Hall–Kier alpha value is -5.46. The summed E-state index contributed by atoms with van der Waals surface area (Å²) in [5.41, 5.74) is 2.52. The van der Waals surface area contributed by atoms with Crippen LogP contribution in [0.5, 0.6) is 11.5 Å². The molecule has 13 nitrogen and oxygen atoms in total. The fourth-order valence-corrected chi connectivity index (χ4v) is 7.52. The van der Waals surface area contributed by atoms with Crippen LogP contribution in [0.1, 0.15) is 78.0 Å². The third kappa shape index (κ3) is 8.60. The molecule has 6 rings (SSSR count). The van der Waals surface area contributed by atoms with Crippen molar-refractivity contribution in [2.45, 2.75) is 109 Å². The third-order valence-electron chi connectivity index (χ3n) is 10.4. The highest BCUT2D eigenvalue weighted by molar-refractivity contribution is 5.95. The van der Waals surface area contributed by atoms with E-state index in [0.29, 0.717) is 39.4 Å². The van der Waals surface area contributed by atoms with Gasteiger partial charge < -0.3 is 34.9 Å². The molecular formula is C42H51N5O8. The van der Waals surface area contributed by atoms with Crippen molar-refractivity contribution < 1.29 is 38.5 Å². The van der Waals surface area contributed by atoms with Gasteiger partial charge >= 0.3 is 12.1 Å². The van der Waals surface area contributed by atoms with Gasteiger partial charge in [0, 0.05) is 42.5 Å². The number of hydrogen-bond acceptors (Lipinski definition) is 9. The van der Waals surface area contributed by atoms with Crippen molar-refractivity contribution in [3.8, 4) is 22.9 Å². The number of ether oxygens (including phenoxy) is 3. The quantitative estimate of drug-likeness (QED) is 0.214. The summed E-state index contributed by atoms with van der Waals surface area (Å²) in [6.07, 6.45) is 6.13. The van der Waals surface area contributed by atoms with E-state index in [4.69, 9.17) is 24.2 Å². The predicted molar refractivity (Wildman–Crippen MR) is 207 cm³/mol. The minimum atomic E-state index is -1.60. The van der Waals surface area contributed by atoms with E-state index >= 15 is 0 Å². The van der Waals surface area contributed by atoms with Gasteiger partial charge in [-0.3, -0.25) is 14.6 Å². The molecule has 4 atom stereocenters. The van der Waals surface area contributed by atoms with Gasteiger partial charge in [0.05, 0.1) is 30.6 Å². The maximum atomic E-state index is 14.4. The van der Waals surface area contributed by atoms with Crippen molar-refractivity contribution in [3.05, 3.63) is 72.0 Å². The average molecular weight is 754 g/mol. The summed E-state index contributed by atoms with van der Waals surface area (Å²) in [7, 11) is 1.58. The van der Waals surface area contributed by atoms with Crippen molar-refractivity contribution >= 4 is 34.8 Å². The normalized spacial score (nSPS) is 21.4. The second-order valence-electron chi connectivity index (χ2n) is 16.0. The molecule has 1 fully saturated rings. The van der Waals surface area contributed by atoms with Crippen LogP contribution in [-0.4, -0.2) is 86.8 Å². The van der Waals surface area contributed by atoms with Crippen LogP contribution in [0.4, 0.5) is 4.79 Å². The number of fused-ring (bicyclic) bond motifs is 2. The molecule has 0 spiro atoms. The van der Waals surface area contributed by atoms with Gasteiger partial charge in [0.1, 0.15) is 40.8 Å². The number of nitrogens with one attached hydrogen (secondary N) is 2. The monoisotopic (exact) mass is 753 g/mol. The van der Waals surface area contributed by atoms with Gasteiger partial charge in [-0.1, -0.05) is 38.6 Å². The Kier molecular flexibility index (Phi) is 11.2. The first-order chi connectivity index (χ1) is 26.1. The van der Waals surface area contributed by atoms with E-state index in [1.54, 1.807) is 53.9 Å². The highest BCUT2D eigenvalue weighted by atomic mass is 16.6. The molecule has 1 saturated heterocycles. The molecule has 292 valence electrons. The molecule has 1 aromatic carbocycles. The highest BCUT2D eigenvalue weighted by Crippen LogP contribution is 2.36. The van der Waals surface area contributed by atoms with Crippen LogP contribution in [0.2, 0.25) is 0 Å². The van der Waals surface area contributed by atoms with E-state index in [1.165, 1.54) is 10.5 Å². The number of carbonyl (C=O) groups is 4. The number of alkyl carbamates (subject to hydrolysis) is 1. The summed E-state index contributed by atoms with van der Waals surface area (Å²) < 4.78 is 17.7. The number of carboxylic acid groups (broad SMARTS) is 1. The Bertz CT molecular complexity index is 2040. The third-order valence-corrected chi connectivity index (χ3v) is 10.4. The first-order valence-corrected chi connectivity index (χ1v) is 18.9. The van der Waals surface area contributed by atoms with Crippen LogP contribution in [0.15, 0.2) is 60.7 Å². The number of pyridine rings is 2. The maximum Gasteiger partial charge on any atom is 0.408 e. The summed E-state index contributed by atoms with van der Waals surface area (Å²) in [6.45, 7) is 12.5. The zero-order valence-corrected chi connectivity index (χ0v) is 32.4. The van der Waals surface area contributed by atoms with Crippen molar-refractivity contribution in [2.75, 3.05) is 13.7 Å². The molecule has 55 heavy (non-hydrogen) atoms. The van der Waals surface area contributed by atoms with Crippen LogP contribution >= 0.6 is 0 Å². The Balaban J connectivity index is 1.35. The summed E-state index contributed by atoms with van der Waals surface area (Å²) in [5, 5.41) is 16.5. The van der Waals surface area contributed by atoms with Crippen molar-refractivity contribution in [1.82, 2.24) is 25.5 Å². The molecule has 0 saturated carbocycles. The lowest BCUT2D eigenvalue weighted by Crippen LogP contribution is -2.60. The standard InChI is InChI=1S/C42H51N5O8/c1-8-25-17-18-42(22-25,39(50)51)46-37(48)34-20-28(23-47(34)38(49)36(24(2)3)45-40(52)55-41(4,5)6)54-35-21-33(44-32-19-27(53-7)14-15-29(32)35)31-16-13-26-11-9-10-12-30(26)43-31/h8,13-17,19,21,24,28,34,36H,1,9-12,18,20,22-23H2,2-7H3,(H,45,52)(H,46,48)(H,50,51)/t28-,34+,36+,42?/m1/s1. The summed E-state index contributed by atoms with van der Waals surface area (Å²) in [6, 6.07) is 9.22. The van der Waals surface area contributed by atoms with Crippen LogP contribution in [0.25, 0.3) is 22.3 Å². The van der Waals surface area contributed by atoms with Gasteiger partial charge in [0.25, 0.3) is 0 Å². The van der Waals surface area contributed by atoms with Crippen molar-refractivity contribution in [2.24, 2.45) is 5.92 Å². The molecule has 3 heterocycles. The Morgan fingerprint density at radius 3 is 2.49 bits per heavy atom. The summed E-state index contributed by atoms with van der Waals surface area (Å²) >= 11 is 0. The molecule has 0 bridgehead atoms. The largest absolute Gasteiger partial charge is 0.497 e. The SMILES string of the molecule is C=CC1=CCC(NC(=O)[C@@H]2C[C@@H](Oc3cc(-c4ccc5c(n4)CCCC5)nc4cc(OC)ccc34)CN2C(=O)[C@@H](NC(=O)OC(C)(C)C)C(C)C)(C(=O)O)C1. The van der Waals surface area contributed by atoms with Crippen molar-refractivity contribution in [1.29, 1.82) is 0 Å². The van der Waals surface area contributed by atoms with Crippen LogP contribution in [0, 0.1) is 5.92 Å². The molecule has 2 aromatic heterocycles. The van der Waals surface area contributed by atoms with Crippen LogP contribution < -0.4 is 20.1 Å². The number of rotatable bonds is 11. The number of carboxylic acids is 1. The topological polar surface area (TPSA) is 169 Å². The lowest BCUT2D eigenvalue weighted by atomic mass is 9.94. The number of aryl methyl sites for hydroxylation is 2. The van der Waals surface area contributed by atoms with Gasteiger partial charge in [0.2, 0.25) is 11.8 Å². The molecule has 13 heteroatoms. The number of carbonyl (C=O) groups excluding carboxylic acids is 3. The Labute approximate surface area is 321 Å². The van der Waals surface area contributed by atoms with E-state index in [2.05, 4.69) is 23.3 Å². The van der Waals surface area contributed by atoms with Crippen LogP contribution in [-0.2, 0) is 32.0 Å². The molecule has 3 aromatic rings. The molecule has 3 N–H and O–H groups in total. The van der Waals surface area contributed by atoms with Gasteiger partial charge in [-0.2, -0.15) is 0 Å². The first kappa shape index (κ1) is 39.2. The fraction of sp³-hybridized carbons (Fsp3) is 0.476. The minimum absolute atomic E-state index is 0.0151. The second-order valence-corrected chi connectivity index (χ2v) is 16.0.